The number of amides is 3. The lowest BCUT2D eigenvalue weighted by Crippen LogP contribution is -2.54. The molecule has 4 aliphatic rings. The first-order chi connectivity index (χ1) is 15.8. The van der Waals surface area contributed by atoms with Crippen LogP contribution in [0.15, 0.2) is 36.4 Å². The monoisotopic (exact) mass is 453 g/mol. The van der Waals surface area contributed by atoms with Gasteiger partial charge in [0, 0.05) is 17.3 Å². The van der Waals surface area contributed by atoms with Gasteiger partial charge in [0.1, 0.15) is 11.4 Å². The molecule has 2 saturated heterocycles. The molecule has 3 amide bonds. The van der Waals surface area contributed by atoms with E-state index in [4.69, 9.17) is 9.47 Å². The van der Waals surface area contributed by atoms with Crippen LogP contribution in [0.3, 0.4) is 0 Å². The van der Waals surface area contributed by atoms with E-state index < -0.39 is 53.1 Å². The summed E-state index contributed by atoms with van der Waals surface area (Å²) in [5.74, 6) is -3.17. The van der Waals surface area contributed by atoms with Gasteiger partial charge < -0.3 is 19.9 Å². The van der Waals surface area contributed by atoms with Gasteiger partial charge in [-0.15, -0.1) is 0 Å². The molecule has 0 aliphatic carbocycles. The number of rotatable bonds is 3. The Hall–Kier alpha value is -3.50. The van der Waals surface area contributed by atoms with Crippen LogP contribution in [0, 0.1) is 17.7 Å². The van der Waals surface area contributed by atoms with Crippen molar-refractivity contribution in [2.75, 3.05) is 12.1 Å². The van der Waals surface area contributed by atoms with Gasteiger partial charge in [-0.2, -0.15) is 0 Å². The topological polar surface area (TPSA) is 117 Å². The van der Waals surface area contributed by atoms with E-state index in [9.17, 15) is 23.9 Å². The number of imide groups is 1. The molecule has 1 spiro atoms. The van der Waals surface area contributed by atoms with Crippen molar-refractivity contribution in [1.29, 1.82) is 0 Å². The number of carbonyl (C=O) groups excluding carboxylic acids is 3. The summed E-state index contributed by atoms with van der Waals surface area (Å²) in [4.78, 5) is 41.5. The van der Waals surface area contributed by atoms with Crippen LogP contribution in [0.4, 0.5) is 10.1 Å². The van der Waals surface area contributed by atoms with Gasteiger partial charge in [0.2, 0.25) is 24.5 Å². The molecule has 2 aromatic carbocycles. The fourth-order valence-electron chi connectivity index (χ4n) is 5.56. The van der Waals surface area contributed by atoms with Gasteiger partial charge in [-0.25, -0.2) is 4.39 Å². The van der Waals surface area contributed by atoms with Crippen molar-refractivity contribution < 1.29 is 33.4 Å². The third kappa shape index (κ3) is 2.61. The number of aliphatic hydroxyl groups excluding tert-OH is 1. The van der Waals surface area contributed by atoms with Crippen molar-refractivity contribution in [1.82, 2.24) is 10.2 Å². The quantitative estimate of drug-likeness (QED) is 0.590. The molecule has 0 bridgehead atoms. The molecular weight excluding hydrogens is 433 g/mol. The second kappa shape index (κ2) is 6.75. The lowest BCUT2D eigenvalue weighted by Gasteiger charge is -2.30. The molecule has 170 valence electrons. The van der Waals surface area contributed by atoms with E-state index >= 15 is 0 Å². The molecule has 0 radical (unpaired) electrons. The van der Waals surface area contributed by atoms with Gasteiger partial charge in [-0.3, -0.25) is 24.6 Å². The Bertz CT molecular complexity index is 1230. The molecule has 2 fully saturated rings. The highest BCUT2D eigenvalue weighted by Gasteiger charge is 2.71. The molecule has 4 aliphatic heterocycles. The van der Waals surface area contributed by atoms with Crippen LogP contribution in [0.1, 0.15) is 18.1 Å². The van der Waals surface area contributed by atoms with Crippen molar-refractivity contribution in [2.24, 2.45) is 11.8 Å². The normalized spacial score (nSPS) is 30.1. The summed E-state index contributed by atoms with van der Waals surface area (Å²) in [5, 5.41) is 16.2. The maximum absolute atomic E-state index is 14.2. The first kappa shape index (κ1) is 20.1. The second-order valence-electron chi connectivity index (χ2n) is 8.82. The highest BCUT2D eigenvalue weighted by Crippen LogP contribution is 2.53. The zero-order valence-electron chi connectivity index (χ0n) is 17.5. The largest absolute Gasteiger partial charge is 0.454 e. The fourth-order valence-corrected chi connectivity index (χ4v) is 5.56. The molecular formula is C23H20FN3O6. The van der Waals surface area contributed by atoms with Crippen molar-refractivity contribution in [3.8, 4) is 11.5 Å². The molecule has 10 heteroatoms. The van der Waals surface area contributed by atoms with Crippen LogP contribution in [-0.2, 0) is 26.5 Å². The lowest BCUT2D eigenvalue weighted by molar-refractivity contribution is -0.143. The SMILES string of the molecule is C[C@H](O)[C@H]1N[C@]2(C(=O)Nc3ccc(F)cc32)[C@@H]2C(=O)N(Cc3ccc4c(c3)OCO4)C(=O)[C@H]12. The Balaban J connectivity index is 1.42. The molecule has 3 N–H and O–H groups in total. The third-order valence-electron chi connectivity index (χ3n) is 7.00. The first-order valence-corrected chi connectivity index (χ1v) is 10.6. The number of nitrogens with one attached hydrogen (secondary N) is 2. The maximum atomic E-state index is 14.2. The standard InChI is InChI=1S/C23H20FN3O6/c1-10(28)19-17-18(23(26-19)13-7-12(24)3-4-14(13)25-22(23)31)21(30)27(20(17)29)8-11-2-5-15-16(6-11)33-9-32-15/h2-7,10,17-19,26,28H,8-9H2,1H3,(H,25,31)/t10-,17-,18-,19+,23-/m0/s1. The molecule has 0 saturated carbocycles. The first-order valence-electron chi connectivity index (χ1n) is 10.6. The van der Waals surface area contributed by atoms with E-state index in [1.165, 1.54) is 25.1 Å². The summed E-state index contributed by atoms with van der Waals surface area (Å²) in [5.41, 5.74) is -0.371. The number of anilines is 1. The van der Waals surface area contributed by atoms with Crippen molar-refractivity contribution in [3.05, 3.63) is 53.3 Å². The van der Waals surface area contributed by atoms with Crippen LogP contribution >= 0.6 is 0 Å². The van der Waals surface area contributed by atoms with Crippen molar-refractivity contribution in [2.45, 2.75) is 31.2 Å². The Morgan fingerprint density at radius 3 is 2.73 bits per heavy atom. The van der Waals surface area contributed by atoms with Gasteiger partial charge in [-0.1, -0.05) is 6.07 Å². The molecule has 5 atom stereocenters. The van der Waals surface area contributed by atoms with E-state index in [1.807, 2.05) is 0 Å². The van der Waals surface area contributed by atoms with Crippen LogP contribution in [0.2, 0.25) is 0 Å². The van der Waals surface area contributed by atoms with Crippen LogP contribution in [-0.4, -0.2) is 46.7 Å². The Morgan fingerprint density at radius 1 is 1.15 bits per heavy atom. The smallest absolute Gasteiger partial charge is 0.250 e. The summed E-state index contributed by atoms with van der Waals surface area (Å²) >= 11 is 0. The molecule has 0 aromatic heterocycles. The van der Waals surface area contributed by atoms with E-state index in [2.05, 4.69) is 10.6 Å². The molecule has 4 heterocycles. The summed E-state index contributed by atoms with van der Waals surface area (Å²) in [6, 6.07) is 8.10. The van der Waals surface area contributed by atoms with E-state index in [0.29, 0.717) is 22.7 Å². The van der Waals surface area contributed by atoms with Gasteiger partial charge in [0.25, 0.3) is 0 Å². The zero-order chi connectivity index (χ0) is 23.1. The molecule has 9 nitrogen and oxygen atoms in total. The predicted octanol–water partition coefficient (Wildman–Crippen LogP) is 0.856. The van der Waals surface area contributed by atoms with E-state index in [-0.39, 0.29) is 18.9 Å². The summed E-state index contributed by atoms with van der Waals surface area (Å²) in [6.45, 7) is 1.56. The number of hydrogen-bond donors (Lipinski definition) is 3. The minimum absolute atomic E-state index is 0.0262. The molecule has 6 rings (SSSR count). The number of hydrogen-bond acceptors (Lipinski definition) is 7. The third-order valence-corrected chi connectivity index (χ3v) is 7.00. The molecule has 33 heavy (non-hydrogen) atoms. The molecule has 2 aromatic rings. The van der Waals surface area contributed by atoms with E-state index in [1.54, 1.807) is 18.2 Å². The zero-order valence-corrected chi connectivity index (χ0v) is 17.5. The van der Waals surface area contributed by atoms with Gasteiger partial charge in [-0.05, 0) is 42.8 Å². The van der Waals surface area contributed by atoms with Gasteiger partial charge >= 0.3 is 0 Å². The fraction of sp³-hybridized carbons (Fsp3) is 0.348. The average Bonchev–Trinajstić information content (AvgIpc) is 3.51. The predicted molar refractivity (Wildman–Crippen MR) is 110 cm³/mol. The Labute approximate surface area is 187 Å². The number of ether oxygens (including phenoxy) is 2. The second-order valence-corrected chi connectivity index (χ2v) is 8.82. The maximum Gasteiger partial charge on any atom is 0.250 e. The summed E-state index contributed by atoms with van der Waals surface area (Å²) in [6.07, 6.45) is -1.04. The lowest BCUT2D eigenvalue weighted by atomic mass is 9.76. The van der Waals surface area contributed by atoms with Crippen molar-refractivity contribution in [3.63, 3.8) is 0 Å². The number of aliphatic hydroxyl groups is 1. The number of nitrogens with zero attached hydrogens (tertiary/aromatic N) is 1. The number of likely N-dealkylation sites (tertiary alicyclic amines) is 1. The Kier molecular flexibility index (Phi) is 4.12. The van der Waals surface area contributed by atoms with Gasteiger partial charge in [0.05, 0.1) is 24.5 Å². The van der Waals surface area contributed by atoms with Crippen LogP contribution in [0.5, 0.6) is 11.5 Å². The highest BCUT2D eigenvalue weighted by atomic mass is 19.1. The number of benzene rings is 2. The van der Waals surface area contributed by atoms with Crippen LogP contribution < -0.4 is 20.1 Å². The summed E-state index contributed by atoms with van der Waals surface area (Å²) < 4.78 is 24.9. The number of fused-ring (bicyclic) bond motifs is 5. The van der Waals surface area contributed by atoms with Gasteiger partial charge in [0.15, 0.2) is 11.5 Å². The Morgan fingerprint density at radius 2 is 1.94 bits per heavy atom. The minimum Gasteiger partial charge on any atom is -0.454 e. The summed E-state index contributed by atoms with van der Waals surface area (Å²) in [7, 11) is 0. The number of carbonyl (C=O) groups is 3. The molecule has 0 unspecified atom stereocenters. The average molecular weight is 453 g/mol. The minimum atomic E-state index is -1.65. The van der Waals surface area contributed by atoms with E-state index in [0.717, 1.165) is 4.90 Å². The van der Waals surface area contributed by atoms with Crippen molar-refractivity contribution >= 4 is 23.4 Å². The number of halogens is 1. The van der Waals surface area contributed by atoms with Crippen LogP contribution in [0.25, 0.3) is 0 Å². The highest BCUT2D eigenvalue weighted by molar-refractivity contribution is 6.15.